The summed E-state index contributed by atoms with van der Waals surface area (Å²) in [6.07, 6.45) is 5.77. The highest BCUT2D eigenvalue weighted by molar-refractivity contribution is 7.89. The molecule has 1 saturated heterocycles. The second-order valence-electron chi connectivity index (χ2n) is 6.98. The molecule has 4 rings (SSSR count). The monoisotopic (exact) mass is 334 g/mol. The molecular formula is C17H22N2O3S. The smallest absolute Gasteiger partial charge is 0.240 e. The molecule has 0 aromatic heterocycles. The van der Waals surface area contributed by atoms with E-state index in [1.54, 1.807) is 12.1 Å². The summed E-state index contributed by atoms with van der Waals surface area (Å²) in [7, 11) is -3.49. The molecule has 1 N–H and O–H groups in total. The van der Waals surface area contributed by atoms with Crippen molar-refractivity contribution in [2.75, 3.05) is 13.1 Å². The van der Waals surface area contributed by atoms with E-state index in [0.29, 0.717) is 30.4 Å². The largest absolute Gasteiger partial charge is 0.339 e. The highest BCUT2D eigenvalue weighted by Gasteiger charge is 2.39. The fraction of sp³-hybridized carbons (Fsp3) is 0.588. The van der Waals surface area contributed by atoms with Gasteiger partial charge in [0.1, 0.15) is 0 Å². The number of carbonyl (C=O) groups is 1. The predicted octanol–water partition coefficient (Wildman–Crippen LogP) is 1.46. The summed E-state index contributed by atoms with van der Waals surface area (Å²) in [5.74, 6) is 0.265. The average molecular weight is 334 g/mol. The summed E-state index contributed by atoms with van der Waals surface area (Å²) in [5.41, 5.74) is 2.43. The van der Waals surface area contributed by atoms with Crippen LogP contribution in [-0.2, 0) is 27.7 Å². The molecule has 0 spiro atoms. The number of amides is 1. The molecule has 6 heteroatoms. The van der Waals surface area contributed by atoms with E-state index >= 15 is 0 Å². The van der Waals surface area contributed by atoms with Crippen LogP contribution in [0.2, 0.25) is 0 Å². The van der Waals surface area contributed by atoms with Crippen LogP contribution in [0.25, 0.3) is 0 Å². The molecule has 1 aromatic carbocycles. The number of sulfonamides is 1. The Morgan fingerprint density at radius 1 is 1.17 bits per heavy atom. The van der Waals surface area contributed by atoms with Gasteiger partial charge in [-0.2, -0.15) is 0 Å². The molecule has 0 radical (unpaired) electrons. The third-order valence-corrected chi connectivity index (χ3v) is 6.59. The number of aryl methyl sites for hydroxylation is 2. The molecule has 1 unspecified atom stereocenters. The highest BCUT2D eigenvalue weighted by Crippen LogP contribution is 2.32. The molecule has 1 heterocycles. The number of benzene rings is 1. The number of nitrogens with one attached hydrogen (secondary N) is 1. The van der Waals surface area contributed by atoms with Gasteiger partial charge in [-0.1, -0.05) is 6.07 Å². The molecule has 1 atom stereocenters. The second-order valence-corrected chi connectivity index (χ2v) is 8.75. The number of hydrogen-bond donors (Lipinski definition) is 1. The van der Waals surface area contributed by atoms with Crippen molar-refractivity contribution < 1.29 is 13.2 Å². The lowest BCUT2D eigenvalue weighted by Crippen LogP contribution is -2.32. The zero-order valence-electron chi connectivity index (χ0n) is 13.1. The first-order valence-corrected chi connectivity index (χ1v) is 9.92. The van der Waals surface area contributed by atoms with Gasteiger partial charge in [-0.25, -0.2) is 13.1 Å². The van der Waals surface area contributed by atoms with Gasteiger partial charge in [-0.3, -0.25) is 4.79 Å². The fourth-order valence-corrected chi connectivity index (χ4v) is 4.88. The van der Waals surface area contributed by atoms with Crippen molar-refractivity contribution in [2.24, 2.45) is 5.92 Å². The summed E-state index contributed by atoms with van der Waals surface area (Å²) >= 11 is 0. The summed E-state index contributed by atoms with van der Waals surface area (Å²) in [4.78, 5) is 14.2. The van der Waals surface area contributed by atoms with Crippen LogP contribution in [0, 0.1) is 5.92 Å². The number of fused-ring (bicyclic) bond motifs is 1. The van der Waals surface area contributed by atoms with E-state index < -0.39 is 10.0 Å². The first-order valence-electron chi connectivity index (χ1n) is 8.44. The molecule has 2 aliphatic carbocycles. The highest BCUT2D eigenvalue weighted by atomic mass is 32.2. The van der Waals surface area contributed by atoms with Crippen LogP contribution < -0.4 is 4.72 Å². The minimum atomic E-state index is -3.49. The van der Waals surface area contributed by atoms with Crippen LogP contribution in [0.1, 0.15) is 36.8 Å². The SMILES string of the molecule is O=C1CC(CNS(=O)(=O)c2ccc3c(c2)CCC3)CN1C1CC1. The fourth-order valence-electron chi connectivity index (χ4n) is 3.71. The lowest BCUT2D eigenvalue weighted by molar-refractivity contribution is -0.128. The summed E-state index contributed by atoms with van der Waals surface area (Å²) < 4.78 is 27.7. The molecule has 23 heavy (non-hydrogen) atoms. The first-order chi connectivity index (χ1) is 11.0. The van der Waals surface area contributed by atoms with Crippen LogP contribution in [0.3, 0.4) is 0 Å². The van der Waals surface area contributed by atoms with Gasteiger partial charge in [0.2, 0.25) is 15.9 Å². The lowest BCUT2D eigenvalue weighted by atomic mass is 10.1. The van der Waals surface area contributed by atoms with E-state index in [-0.39, 0.29) is 11.8 Å². The number of carbonyl (C=O) groups excluding carboxylic acids is 1. The molecular weight excluding hydrogens is 312 g/mol. The van der Waals surface area contributed by atoms with Gasteiger partial charge in [-0.05, 0) is 61.3 Å². The Bertz CT molecular complexity index is 740. The maximum absolute atomic E-state index is 12.5. The molecule has 1 amide bonds. The van der Waals surface area contributed by atoms with Crippen molar-refractivity contribution >= 4 is 15.9 Å². The van der Waals surface area contributed by atoms with Crippen molar-refractivity contribution in [1.82, 2.24) is 9.62 Å². The van der Waals surface area contributed by atoms with Crippen LogP contribution in [-0.4, -0.2) is 38.4 Å². The van der Waals surface area contributed by atoms with Crippen molar-refractivity contribution in [2.45, 2.75) is 49.5 Å². The Balaban J connectivity index is 1.41. The quantitative estimate of drug-likeness (QED) is 0.887. The predicted molar refractivity (Wildman–Crippen MR) is 86.5 cm³/mol. The Morgan fingerprint density at radius 2 is 1.96 bits per heavy atom. The maximum Gasteiger partial charge on any atom is 0.240 e. The van der Waals surface area contributed by atoms with E-state index in [9.17, 15) is 13.2 Å². The van der Waals surface area contributed by atoms with Gasteiger partial charge in [0, 0.05) is 25.6 Å². The third-order valence-electron chi connectivity index (χ3n) is 5.17. The molecule has 124 valence electrons. The Hall–Kier alpha value is -1.40. The van der Waals surface area contributed by atoms with E-state index in [2.05, 4.69) is 4.72 Å². The van der Waals surface area contributed by atoms with Crippen molar-refractivity contribution in [3.05, 3.63) is 29.3 Å². The van der Waals surface area contributed by atoms with Crippen LogP contribution >= 0.6 is 0 Å². The Kier molecular flexibility index (Phi) is 3.69. The number of nitrogens with zero attached hydrogens (tertiary/aromatic N) is 1. The van der Waals surface area contributed by atoms with E-state index in [4.69, 9.17) is 0 Å². The van der Waals surface area contributed by atoms with Crippen molar-refractivity contribution in [1.29, 1.82) is 0 Å². The number of hydrogen-bond acceptors (Lipinski definition) is 3. The van der Waals surface area contributed by atoms with Gasteiger partial charge in [0.15, 0.2) is 0 Å². The molecule has 1 aliphatic heterocycles. The number of rotatable bonds is 5. The lowest BCUT2D eigenvalue weighted by Gasteiger charge is -2.16. The average Bonchev–Trinajstić information content (AvgIpc) is 3.13. The summed E-state index contributed by atoms with van der Waals surface area (Å²) in [6, 6.07) is 5.86. The van der Waals surface area contributed by atoms with E-state index in [1.165, 1.54) is 5.56 Å². The molecule has 0 bridgehead atoms. The summed E-state index contributed by atoms with van der Waals surface area (Å²) in [6.45, 7) is 1.03. The van der Waals surface area contributed by atoms with E-state index in [1.807, 2.05) is 11.0 Å². The summed E-state index contributed by atoms with van der Waals surface area (Å²) in [5, 5.41) is 0. The third kappa shape index (κ3) is 3.02. The minimum absolute atomic E-state index is 0.0901. The van der Waals surface area contributed by atoms with Gasteiger partial charge in [0.25, 0.3) is 0 Å². The topological polar surface area (TPSA) is 66.5 Å². The first kappa shape index (κ1) is 15.1. The molecule has 3 aliphatic rings. The van der Waals surface area contributed by atoms with Gasteiger partial charge in [0.05, 0.1) is 4.90 Å². The van der Waals surface area contributed by atoms with Crippen molar-refractivity contribution in [3.63, 3.8) is 0 Å². The van der Waals surface area contributed by atoms with Crippen LogP contribution in [0.15, 0.2) is 23.1 Å². The van der Waals surface area contributed by atoms with Gasteiger partial charge in [-0.15, -0.1) is 0 Å². The number of likely N-dealkylation sites (tertiary alicyclic amines) is 1. The van der Waals surface area contributed by atoms with Crippen LogP contribution in [0.4, 0.5) is 0 Å². The molecule has 1 saturated carbocycles. The maximum atomic E-state index is 12.5. The zero-order valence-corrected chi connectivity index (χ0v) is 13.9. The standard InChI is InChI=1S/C17H22N2O3S/c20-17-8-12(11-19(17)15-5-6-15)10-18-23(21,22)16-7-4-13-2-1-3-14(13)9-16/h4,7,9,12,15,18H,1-3,5-6,8,10-11H2. The Morgan fingerprint density at radius 3 is 2.74 bits per heavy atom. The Labute approximate surface area is 137 Å². The van der Waals surface area contributed by atoms with Gasteiger partial charge >= 0.3 is 0 Å². The molecule has 2 fully saturated rings. The zero-order chi connectivity index (χ0) is 16.0. The van der Waals surface area contributed by atoms with E-state index in [0.717, 1.165) is 37.7 Å². The molecule has 1 aromatic rings. The van der Waals surface area contributed by atoms with Gasteiger partial charge < -0.3 is 4.90 Å². The minimum Gasteiger partial charge on any atom is -0.339 e. The molecule has 5 nitrogen and oxygen atoms in total. The normalized spacial score (nSPS) is 24.3. The second kappa shape index (κ2) is 5.60. The van der Waals surface area contributed by atoms with Crippen LogP contribution in [0.5, 0.6) is 0 Å². The van der Waals surface area contributed by atoms with Crippen molar-refractivity contribution in [3.8, 4) is 0 Å².